The first-order valence-corrected chi connectivity index (χ1v) is 9.92. The first-order valence-electron chi connectivity index (χ1n) is 9.92. The van der Waals surface area contributed by atoms with Crippen molar-refractivity contribution in [3.8, 4) is 0 Å². The number of hydrogen-bond donors (Lipinski definition) is 0. The van der Waals surface area contributed by atoms with E-state index >= 15 is 0 Å². The first-order chi connectivity index (χ1) is 13.1. The van der Waals surface area contributed by atoms with Crippen LogP contribution in [0.4, 0.5) is 11.5 Å². The van der Waals surface area contributed by atoms with Crippen molar-refractivity contribution in [2.45, 2.75) is 40.0 Å². The van der Waals surface area contributed by atoms with Crippen LogP contribution >= 0.6 is 0 Å². The van der Waals surface area contributed by atoms with Gasteiger partial charge in [-0.1, -0.05) is 17.7 Å². The van der Waals surface area contributed by atoms with Gasteiger partial charge in [0.2, 0.25) is 0 Å². The third kappa shape index (κ3) is 2.74. The summed E-state index contributed by atoms with van der Waals surface area (Å²) in [4.78, 5) is 14.3. The van der Waals surface area contributed by atoms with Gasteiger partial charge in [0.15, 0.2) is 0 Å². The average Bonchev–Trinajstić information content (AvgIpc) is 3.25. The zero-order valence-electron chi connectivity index (χ0n) is 16.4. The molecule has 140 valence electrons. The maximum atomic E-state index is 4.77. The molecule has 6 nitrogen and oxygen atoms in total. The van der Waals surface area contributed by atoms with Gasteiger partial charge in [0.1, 0.15) is 11.6 Å². The van der Waals surface area contributed by atoms with Crippen LogP contribution in [0.2, 0.25) is 0 Å². The standard InChI is InChI=1S/C21H26N6/c1-14-7-8-19(15(2)13-14)25-9-11-26(12-10-25)20-17-5-4-6-18(17)23-21-22-16(3)24-27(20)21/h7-8,13H,4-6,9-12H2,1-3H3. The fraction of sp³-hybridized carbons (Fsp3) is 0.476. The summed E-state index contributed by atoms with van der Waals surface area (Å²) >= 11 is 0. The highest BCUT2D eigenvalue weighted by Gasteiger charge is 2.27. The van der Waals surface area contributed by atoms with Crippen molar-refractivity contribution in [2.24, 2.45) is 0 Å². The van der Waals surface area contributed by atoms with Crippen molar-refractivity contribution in [3.05, 3.63) is 46.4 Å². The second-order valence-corrected chi connectivity index (χ2v) is 7.85. The van der Waals surface area contributed by atoms with Gasteiger partial charge in [0.05, 0.1) is 5.69 Å². The molecule has 5 rings (SSSR count). The minimum absolute atomic E-state index is 0.750. The molecule has 0 unspecified atom stereocenters. The summed E-state index contributed by atoms with van der Waals surface area (Å²) < 4.78 is 1.98. The van der Waals surface area contributed by atoms with E-state index in [9.17, 15) is 0 Å². The molecule has 0 bridgehead atoms. The number of fused-ring (bicyclic) bond motifs is 2. The largest absolute Gasteiger partial charge is 0.368 e. The Bertz CT molecular complexity index is 1010. The van der Waals surface area contributed by atoms with Crippen LogP contribution in [0.5, 0.6) is 0 Å². The van der Waals surface area contributed by atoms with E-state index in [0.717, 1.165) is 50.6 Å². The summed E-state index contributed by atoms with van der Waals surface area (Å²) in [5.74, 6) is 2.77. The van der Waals surface area contributed by atoms with Gasteiger partial charge >= 0.3 is 0 Å². The fourth-order valence-electron chi connectivity index (χ4n) is 4.60. The molecular weight excluding hydrogens is 336 g/mol. The molecule has 0 saturated carbocycles. The number of nitrogens with zero attached hydrogens (tertiary/aromatic N) is 6. The van der Waals surface area contributed by atoms with E-state index in [1.165, 1.54) is 40.3 Å². The molecule has 0 atom stereocenters. The quantitative estimate of drug-likeness (QED) is 0.702. The summed E-state index contributed by atoms with van der Waals surface area (Å²) in [6, 6.07) is 6.76. The Labute approximate surface area is 159 Å². The van der Waals surface area contributed by atoms with E-state index < -0.39 is 0 Å². The van der Waals surface area contributed by atoms with Gasteiger partial charge in [-0.05, 0) is 51.7 Å². The maximum absolute atomic E-state index is 4.77. The Kier molecular flexibility index (Phi) is 3.81. The second-order valence-electron chi connectivity index (χ2n) is 7.85. The number of anilines is 2. The highest BCUT2D eigenvalue weighted by atomic mass is 15.4. The molecule has 2 aromatic heterocycles. The number of benzene rings is 1. The van der Waals surface area contributed by atoms with Crippen molar-refractivity contribution in [1.82, 2.24) is 19.6 Å². The summed E-state index contributed by atoms with van der Waals surface area (Å²) in [5, 5.41) is 4.65. The predicted molar refractivity (Wildman–Crippen MR) is 108 cm³/mol. The molecule has 0 spiro atoms. The van der Waals surface area contributed by atoms with Crippen LogP contribution in [0.1, 0.15) is 34.6 Å². The lowest BCUT2D eigenvalue weighted by Crippen LogP contribution is -2.47. The fourth-order valence-corrected chi connectivity index (χ4v) is 4.60. The van der Waals surface area contributed by atoms with Gasteiger partial charge in [-0.15, -0.1) is 5.10 Å². The van der Waals surface area contributed by atoms with Gasteiger partial charge in [0, 0.05) is 37.4 Å². The van der Waals surface area contributed by atoms with Crippen molar-refractivity contribution < 1.29 is 0 Å². The average molecular weight is 362 g/mol. The van der Waals surface area contributed by atoms with Gasteiger partial charge in [-0.2, -0.15) is 9.50 Å². The molecule has 1 saturated heterocycles. The third-order valence-electron chi connectivity index (χ3n) is 5.86. The van der Waals surface area contributed by atoms with E-state index in [-0.39, 0.29) is 0 Å². The van der Waals surface area contributed by atoms with Crippen LogP contribution in [-0.4, -0.2) is 45.8 Å². The molecule has 1 aliphatic heterocycles. The van der Waals surface area contributed by atoms with Crippen LogP contribution in [0.3, 0.4) is 0 Å². The number of hydrogen-bond acceptors (Lipinski definition) is 5. The lowest BCUT2D eigenvalue weighted by atomic mass is 10.1. The molecule has 1 fully saturated rings. The molecule has 6 heteroatoms. The SMILES string of the molecule is Cc1ccc(N2CCN(c3c4c(nc5nc(C)nn35)CCC4)CC2)c(C)c1. The summed E-state index contributed by atoms with van der Waals surface area (Å²) in [6.45, 7) is 10.4. The van der Waals surface area contributed by atoms with Crippen molar-refractivity contribution >= 4 is 17.3 Å². The Morgan fingerprint density at radius 3 is 2.44 bits per heavy atom. The molecule has 0 amide bonds. The Morgan fingerprint density at radius 2 is 1.67 bits per heavy atom. The lowest BCUT2D eigenvalue weighted by molar-refractivity contribution is 0.634. The molecule has 3 aromatic rings. The zero-order valence-corrected chi connectivity index (χ0v) is 16.4. The topological polar surface area (TPSA) is 49.6 Å². The second kappa shape index (κ2) is 6.22. The van der Waals surface area contributed by atoms with E-state index in [4.69, 9.17) is 4.98 Å². The van der Waals surface area contributed by atoms with Gasteiger partial charge in [0.25, 0.3) is 5.78 Å². The van der Waals surface area contributed by atoms with E-state index in [0.29, 0.717) is 0 Å². The number of rotatable bonds is 2. The van der Waals surface area contributed by atoms with Crippen LogP contribution in [-0.2, 0) is 12.8 Å². The van der Waals surface area contributed by atoms with Crippen molar-refractivity contribution in [1.29, 1.82) is 0 Å². The Hall–Kier alpha value is -2.63. The molecule has 3 heterocycles. The minimum Gasteiger partial charge on any atom is -0.368 e. The summed E-state index contributed by atoms with van der Waals surface area (Å²) in [7, 11) is 0. The van der Waals surface area contributed by atoms with Crippen LogP contribution in [0.25, 0.3) is 5.78 Å². The van der Waals surface area contributed by atoms with Gasteiger partial charge in [-0.25, -0.2) is 4.98 Å². The Morgan fingerprint density at radius 1 is 0.889 bits per heavy atom. The van der Waals surface area contributed by atoms with Crippen molar-refractivity contribution in [2.75, 3.05) is 36.0 Å². The predicted octanol–water partition coefficient (Wildman–Crippen LogP) is 2.86. The summed E-state index contributed by atoms with van der Waals surface area (Å²) in [5.41, 5.74) is 6.66. The highest BCUT2D eigenvalue weighted by molar-refractivity contribution is 5.59. The zero-order chi connectivity index (χ0) is 18.5. The molecule has 1 aliphatic carbocycles. The lowest BCUT2D eigenvalue weighted by Gasteiger charge is -2.38. The van der Waals surface area contributed by atoms with E-state index in [2.05, 4.69) is 51.9 Å². The number of piperazine rings is 1. The third-order valence-corrected chi connectivity index (χ3v) is 5.86. The van der Waals surface area contributed by atoms with Crippen molar-refractivity contribution in [3.63, 3.8) is 0 Å². The van der Waals surface area contributed by atoms with E-state index in [1.807, 2.05) is 11.4 Å². The van der Waals surface area contributed by atoms with Crippen LogP contribution in [0.15, 0.2) is 18.2 Å². The summed E-state index contributed by atoms with van der Waals surface area (Å²) in [6.07, 6.45) is 3.35. The number of aryl methyl sites for hydroxylation is 4. The molecule has 2 aliphatic rings. The van der Waals surface area contributed by atoms with Crippen LogP contribution in [0, 0.1) is 20.8 Å². The molecule has 1 aromatic carbocycles. The highest BCUT2D eigenvalue weighted by Crippen LogP contribution is 2.32. The van der Waals surface area contributed by atoms with Gasteiger partial charge < -0.3 is 9.80 Å². The first kappa shape index (κ1) is 16.5. The monoisotopic (exact) mass is 362 g/mol. The molecule has 0 N–H and O–H groups in total. The van der Waals surface area contributed by atoms with E-state index in [1.54, 1.807) is 0 Å². The molecular formula is C21H26N6. The van der Waals surface area contributed by atoms with Crippen LogP contribution < -0.4 is 9.80 Å². The van der Waals surface area contributed by atoms with Gasteiger partial charge in [-0.3, -0.25) is 0 Å². The Balaban J connectivity index is 1.46. The normalized spacial score (nSPS) is 17.0. The molecule has 0 radical (unpaired) electrons. The molecule has 27 heavy (non-hydrogen) atoms. The maximum Gasteiger partial charge on any atom is 0.254 e. The smallest absolute Gasteiger partial charge is 0.254 e. The minimum atomic E-state index is 0.750. The number of aromatic nitrogens is 4.